The predicted molar refractivity (Wildman–Crippen MR) is 78.2 cm³/mol. The Labute approximate surface area is 127 Å². The van der Waals surface area contributed by atoms with Gasteiger partial charge < -0.3 is 20.1 Å². The maximum atomic E-state index is 12.4. The van der Waals surface area contributed by atoms with Crippen molar-refractivity contribution in [2.45, 2.75) is 26.4 Å². The highest BCUT2D eigenvalue weighted by molar-refractivity contribution is 5.92. The molecule has 0 spiro atoms. The number of rotatable bonds is 4. The number of anilines is 1. The molecule has 7 heteroatoms. The third kappa shape index (κ3) is 4.07. The summed E-state index contributed by atoms with van der Waals surface area (Å²) in [7, 11) is 0. The molecule has 2 rings (SSSR count). The smallest absolute Gasteiger partial charge is 0.387 e. The Morgan fingerprint density at radius 2 is 2.32 bits per heavy atom. The van der Waals surface area contributed by atoms with E-state index in [1.54, 1.807) is 24.0 Å². The summed E-state index contributed by atoms with van der Waals surface area (Å²) in [4.78, 5) is 13.9. The van der Waals surface area contributed by atoms with Crippen LogP contribution in [0.15, 0.2) is 18.2 Å². The number of para-hydroxylation sites is 1. The third-order valence-corrected chi connectivity index (χ3v) is 3.75. The predicted octanol–water partition coefficient (Wildman–Crippen LogP) is 2.83. The number of carbonyl (C=O) groups is 1. The first-order valence-corrected chi connectivity index (χ1v) is 7.22. The highest BCUT2D eigenvalue weighted by Crippen LogP contribution is 2.30. The Kier molecular flexibility index (Phi) is 5.54. The number of alkyl halides is 2. The first-order valence-electron chi connectivity index (χ1n) is 7.22. The zero-order valence-corrected chi connectivity index (χ0v) is 12.4. The zero-order chi connectivity index (χ0) is 16.1. The van der Waals surface area contributed by atoms with Crippen molar-refractivity contribution in [1.82, 2.24) is 4.90 Å². The van der Waals surface area contributed by atoms with Gasteiger partial charge in [0.2, 0.25) is 0 Å². The van der Waals surface area contributed by atoms with Gasteiger partial charge in [0, 0.05) is 19.7 Å². The molecule has 1 saturated heterocycles. The normalized spacial score (nSPS) is 18.4. The Morgan fingerprint density at radius 1 is 1.55 bits per heavy atom. The molecule has 0 bridgehead atoms. The molecule has 0 aliphatic carbocycles. The number of aliphatic hydroxyl groups is 1. The molecule has 1 heterocycles. The molecule has 1 aromatic carbocycles. The molecule has 1 fully saturated rings. The topological polar surface area (TPSA) is 61.8 Å². The van der Waals surface area contributed by atoms with Crippen molar-refractivity contribution in [1.29, 1.82) is 0 Å². The highest BCUT2D eigenvalue weighted by atomic mass is 19.3. The average molecular weight is 314 g/mol. The molecule has 122 valence electrons. The molecule has 0 radical (unpaired) electrons. The Hall–Kier alpha value is -1.89. The van der Waals surface area contributed by atoms with Crippen molar-refractivity contribution in [3.05, 3.63) is 23.8 Å². The van der Waals surface area contributed by atoms with Crippen LogP contribution in [0.5, 0.6) is 5.75 Å². The van der Waals surface area contributed by atoms with Crippen molar-refractivity contribution in [3.63, 3.8) is 0 Å². The lowest BCUT2D eigenvalue weighted by Gasteiger charge is -2.32. The van der Waals surface area contributed by atoms with E-state index in [0.717, 1.165) is 12.8 Å². The SMILES string of the molecule is Cc1cccc(OC(F)F)c1NC(=O)N1CCCC(CO)C1. The molecule has 22 heavy (non-hydrogen) atoms. The van der Waals surface area contributed by atoms with Crippen molar-refractivity contribution in [2.75, 3.05) is 25.0 Å². The van der Waals surface area contributed by atoms with Crippen LogP contribution in [0.1, 0.15) is 18.4 Å². The van der Waals surface area contributed by atoms with E-state index in [0.29, 0.717) is 18.7 Å². The molecule has 2 N–H and O–H groups in total. The summed E-state index contributed by atoms with van der Waals surface area (Å²) in [5.74, 6) is 0.00669. The summed E-state index contributed by atoms with van der Waals surface area (Å²) in [6.07, 6.45) is 1.69. The largest absolute Gasteiger partial charge is 0.433 e. The summed E-state index contributed by atoms with van der Waals surface area (Å²) >= 11 is 0. The fourth-order valence-electron chi connectivity index (χ4n) is 2.58. The van der Waals surface area contributed by atoms with Crippen LogP contribution < -0.4 is 10.1 Å². The summed E-state index contributed by atoms with van der Waals surface area (Å²) in [5, 5.41) is 11.9. The molecule has 1 unspecified atom stereocenters. The monoisotopic (exact) mass is 314 g/mol. The second-order valence-electron chi connectivity index (χ2n) is 5.39. The van der Waals surface area contributed by atoms with E-state index >= 15 is 0 Å². The molecular formula is C15H20F2N2O3. The molecule has 1 aromatic rings. The molecular weight excluding hydrogens is 294 g/mol. The number of aliphatic hydroxyl groups excluding tert-OH is 1. The highest BCUT2D eigenvalue weighted by Gasteiger charge is 2.24. The van der Waals surface area contributed by atoms with Crippen molar-refractivity contribution >= 4 is 11.7 Å². The van der Waals surface area contributed by atoms with Gasteiger partial charge in [-0.15, -0.1) is 0 Å². The van der Waals surface area contributed by atoms with Crippen molar-refractivity contribution < 1.29 is 23.4 Å². The third-order valence-electron chi connectivity index (χ3n) is 3.75. The van der Waals surface area contributed by atoms with Gasteiger partial charge in [-0.2, -0.15) is 8.78 Å². The van der Waals surface area contributed by atoms with Gasteiger partial charge in [0.1, 0.15) is 5.75 Å². The van der Waals surface area contributed by atoms with E-state index in [-0.39, 0.29) is 30.0 Å². The lowest BCUT2D eigenvalue weighted by atomic mass is 9.99. The van der Waals surface area contributed by atoms with Gasteiger partial charge in [-0.1, -0.05) is 12.1 Å². The first-order chi connectivity index (χ1) is 10.5. The number of likely N-dealkylation sites (tertiary alicyclic amines) is 1. The molecule has 2 amide bonds. The number of amides is 2. The van der Waals surface area contributed by atoms with E-state index < -0.39 is 6.61 Å². The lowest BCUT2D eigenvalue weighted by molar-refractivity contribution is -0.0493. The van der Waals surface area contributed by atoms with Gasteiger partial charge >= 0.3 is 12.6 Å². The number of nitrogens with one attached hydrogen (secondary N) is 1. The average Bonchev–Trinajstić information content (AvgIpc) is 2.50. The summed E-state index contributed by atoms with van der Waals surface area (Å²) in [6.45, 7) is -0.168. The number of piperidine rings is 1. The van der Waals surface area contributed by atoms with Crippen molar-refractivity contribution in [2.24, 2.45) is 5.92 Å². The van der Waals surface area contributed by atoms with Crippen LogP contribution in [-0.2, 0) is 0 Å². The van der Waals surface area contributed by atoms with Gasteiger partial charge in [-0.05, 0) is 37.3 Å². The van der Waals surface area contributed by atoms with E-state index in [4.69, 9.17) is 0 Å². The van der Waals surface area contributed by atoms with Crippen LogP contribution in [-0.4, -0.2) is 42.3 Å². The quantitative estimate of drug-likeness (QED) is 0.898. The van der Waals surface area contributed by atoms with Crippen LogP contribution >= 0.6 is 0 Å². The number of nitrogens with zero attached hydrogens (tertiary/aromatic N) is 1. The fraction of sp³-hybridized carbons (Fsp3) is 0.533. The molecule has 1 aliphatic rings. The second-order valence-corrected chi connectivity index (χ2v) is 5.39. The number of urea groups is 1. The number of hydrogen-bond acceptors (Lipinski definition) is 3. The maximum Gasteiger partial charge on any atom is 0.387 e. The summed E-state index contributed by atoms with van der Waals surface area (Å²) in [6, 6.07) is 4.32. The van der Waals surface area contributed by atoms with Gasteiger partial charge in [0.15, 0.2) is 0 Å². The minimum Gasteiger partial charge on any atom is -0.433 e. The zero-order valence-electron chi connectivity index (χ0n) is 12.4. The summed E-state index contributed by atoms with van der Waals surface area (Å²) in [5.41, 5.74) is 0.890. The minimum absolute atomic E-state index is 0.0356. The van der Waals surface area contributed by atoms with Gasteiger partial charge in [0.05, 0.1) is 5.69 Å². The number of aryl methyl sites for hydroxylation is 1. The number of hydrogen-bond donors (Lipinski definition) is 2. The van der Waals surface area contributed by atoms with Gasteiger partial charge in [0.25, 0.3) is 0 Å². The number of halogens is 2. The lowest BCUT2D eigenvalue weighted by Crippen LogP contribution is -2.43. The molecule has 1 aliphatic heterocycles. The fourth-order valence-corrected chi connectivity index (χ4v) is 2.58. The van der Waals surface area contributed by atoms with Gasteiger partial charge in [-0.25, -0.2) is 4.79 Å². The van der Waals surface area contributed by atoms with E-state index in [9.17, 15) is 18.7 Å². The molecule has 0 saturated carbocycles. The van der Waals surface area contributed by atoms with Crippen LogP contribution in [0, 0.1) is 12.8 Å². The number of carbonyl (C=O) groups excluding carboxylic acids is 1. The van der Waals surface area contributed by atoms with Crippen LogP contribution in [0.2, 0.25) is 0 Å². The van der Waals surface area contributed by atoms with Crippen molar-refractivity contribution in [3.8, 4) is 5.75 Å². The maximum absolute atomic E-state index is 12.4. The Balaban J connectivity index is 2.10. The number of ether oxygens (including phenoxy) is 1. The van der Waals surface area contributed by atoms with E-state index in [1.807, 2.05) is 0 Å². The van der Waals surface area contributed by atoms with Crippen LogP contribution in [0.3, 0.4) is 0 Å². The second kappa shape index (κ2) is 7.40. The standard InChI is InChI=1S/C15H20F2N2O3/c1-10-4-2-6-12(22-14(16)17)13(10)18-15(21)19-7-3-5-11(8-19)9-20/h2,4,6,11,14,20H,3,5,7-9H2,1H3,(H,18,21). The molecule has 5 nitrogen and oxygen atoms in total. The van der Waals surface area contributed by atoms with Crippen LogP contribution in [0.25, 0.3) is 0 Å². The van der Waals surface area contributed by atoms with Gasteiger partial charge in [-0.3, -0.25) is 0 Å². The molecule has 0 aromatic heterocycles. The molecule has 1 atom stereocenters. The van der Waals surface area contributed by atoms with E-state index in [2.05, 4.69) is 10.1 Å². The minimum atomic E-state index is -2.95. The summed E-state index contributed by atoms with van der Waals surface area (Å²) < 4.78 is 29.3. The van der Waals surface area contributed by atoms with Crippen LogP contribution in [0.4, 0.5) is 19.3 Å². The Morgan fingerprint density at radius 3 is 3.00 bits per heavy atom. The Bertz CT molecular complexity index is 526. The number of benzene rings is 1. The van der Waals surface area contributed by atoms with E-state index in [1.165, 1.54) is 6.07 Å². The first kappa shape index (κ1) is 16.5.